The first-order chi connectivity index (χ1) is 8.56. The van der Waals surface area contributed by atoms with Gasteiger partial charge in [-0.25, -0.2) is 5.90 Å². The highest BCUT2D eigenvalue weighted by Gasteiger charge is 2.19. The molecule has 0 radical (unpaired) electrons. The molecule has 0 heterocycles. The second-order valence-corrected chi connectivity index (χ2v) is 4.65. The Morgan fingerprint density at radius 1 is 1.28 bits per heavy atom. The molecule has 4 nitrogen and oxygen atoms in total. The minimum Gasteiger partial charge on any atom is -0.493 e. The van der Waals surface area contributed by atoms with E-state index in [0.717, 1.165) is 11.1 Å². The maximum Gasteiger partial charge on any atom is 0.165 e. The number of rotatable bonds is 6. The van der Waals surface area contributed by atoms with Crippen LogP contribution in [0.5, 0.6) is 11.5 Å². The van der Waals surface area contributed by atoms with Crippen molar-refractivity contribution in [2.75, 3.05) is 20.8 Å². The van der Waals surface area contributed by atoms with Crippen LogP contribution in [-0.2, 0) is 11.3 Å². The van der Waals surface area contributed by atoms with Gasteiger partial charge in [0.15, 0.2) is 11.5 Å². The molecule has 0 saturated carbocycles. The second kappa shape index (κ2) is 6.83. The van der Waals surface area contributed by atoms with Gasteiger partial charge in [-0.15, -0.1) is 0 Å². The molecule has 0 aliphatic rings. The molecule has 1 rings (SSSR count). The van der Waals surface area contributed by atoms with E-state index >= 15 is 0 Å². The van der Waals surface area contributed by atoms with Crippen LogP contribution >= 0.6 is 11.6 Å². The van der Waals surface area contributed by atoms with Gasteiger partial charge in [-0.1, -0.05) is 25.4 Å². The van der Waals surface area contributed by atoms with Crippen LogP contribution in [0.3, 0.4) is 0 Å². The molecule has 0 spiro atoms. The fourth-order valence-electron chi connectivity index (χ4n) is 1.87. The lowest BCUT2D eigenvalue weighted by molar-refractivity contribution is 0.140. The molecule has 0 bridgehead atoms. The van der Waals surface area contributed by atoms with Crippen LogP contribution in [-0.4, -0.2) is 20.8 Å². The summed E-state index contributed by atoms with van der Waals surface area (Å²) < 4.78 is 10.7. The third-order valence-corrected chi connectivity index (χ3v) is 3.27. The molecule has 0 unspecified atom stereocenters. The van der Waals surface area contributed by atoms with Crippen molar-refractivity contribution >= 4 is 11.6 Å². The number of hydrogen-bond acceptors (Lipinski definition) is 4. The highest BCUT2D eigenvalue weighted by atomic mass is 35.5. The Morgan fingerprint density at radius 2 is 1.94 bits per heavy atom. The molecule has 0 amide bonds. The predicted octanol–water partition coefficient (Wildman–Crippen LogP) is 2.91. The van der Waals surface area contributed by atoms with Crippen LogP contribution in [0.4, 0.5) is 0 Å². The van der Waals surface area contributed by atoms with Crippen molar-refractivity contribution in [3.8, 4) is 11.5 Å². The summed E-state index contributed by atoms with van der Waals surface area (Å²) in [5, 5.41) is 0.694. The molecule has 0 fully saturated rings. The largest absolute Gasteiger partial charge is 0.493 e. The topological polar surface area (TPSA) is 53.7 Å². The Hall–Kier alpha value is -0.970. The van der Waals surface area contributed by atoms with Crippen LogP contribution in [0.1, 0.15) is 30.9 Å². The number of benzene rings is 1. The van der Waals surface area contributed by atoms with Crippen LogP contribution < -0.4 is 15.4 Å². The summed E-state index contributed by atoms with van der Waals surface area (Å²) in [5.41, 5.74) is 1.90. The van der Waals surface area contributed by atoms with Crippen molar-refractivity contribution in [1.82, 2.24) is 0 Å². The van der Waals surface area contributed by atoms with Crippen LogP contribution in [0.15, 0.2) is 6.07 Å². The fraction of sp³-hybridized carbons (Fsp3) is 0.538. The molecule has 0 aromatic heterocycles. The monoisotopic (exact) mass is 273 g/mol. The first-order valence-corrected chi connectivity index (χ1v) is 6.19. The van der Waals surface area contributed by atoms with Gasteiger partial charge in [0, 0.05) is 12.0 Å². The van der Waals surface area contributed by atoms with Gasteiger partial charge in [0.2, 0.25) is 0 Å². The number of methoxy groups -OCH3 is 2. The molecule has 102 valence electrons. The average molecular weight is 274 g/mol. The van der Waals surface area contributed by atoms with Crippen molar-refractivity contribution in [2.45, 2.75) is 26.2 Å². The lowest BCUT2D eigenvalue weighted by Crippen LogP contribution is -2.07. The molecule has 1 aromatic carbocycles. The standard InChI is InChI=1S/C13H20ClNO3/c1-8(2)10-7-11(16-3)13(17-4)9(12(10)14)5-6-18-15/h7-8H,5-6,15H2,1-4H3. The Kier molecular flexibility index (Phi) is 5.72. The van der Waals surface area contributed by atoms with E-state index in [4.69, 9.17) is 27.0 Å². The smallest absolute Gasteiger partial charge is 0.165 e. The highest BCUT2D eigenvalue weighted by Crippen LogP contribution is 2.41. The second-order valence-electron chi connectivity index (χ2n) is 4.27. The molecule has 5 heteroatoms. The van der Waals surface area contributed by atoms with E-state index in [1.54, 1.807) is 14.2 Å². The molecule has 1 aromatic rings. The fourth-order valence-corrected chi connectivity index (χ4v) is 2.33. The van der Waals surface area contributed by atoms with E-state index in [9.17, 15) is 0 Å². The number of nitrogens with two attached hydrogens (primary N) is 1. The minimum absolute atomic E-state index is 0.301. The van der Waals surface area contributed by atoms with Crippen molar-refractivity contribution < 1.29 is 14.3 Å². The molecular formula is C13H20ClNO3. The molecule has 0 aliphatic heterocycles. The van der Waals surface area contributed by atoms with Crippen LogP contribution in [0.25, 0.3) is 0 Å². The van der Waals surface area contributed by atoms with E-state index in [1.807, 2.05) is 6.07 Å². The van der Waals surface area contributed by atoms with Gasteiger partial charge in [-0.2, -0.15) is 0 Å². The lowest BCUT2D eigenvalue weighted by Gasteiger charge is -2.19. The van der Waals surface area contributed by atoms with E-state index in [0.29, 0.717) is 35.5 Å². The summed E-state index contributed by atoms with van der Waals surface area (Å²) in [5.74, 6) is 6.69. The zero-order valence-electron chi connectivity index (χ0n) is 11.2. The lowest BCUT2D eigenvalue weighted by atomic mass is 9.98. The van der Waals surface area contributed by atoms with Gasteiger partial charge in [0.1, 0.15) is 0 Å². The third-order valence-electron chi connectivity index (χ3n) is 2.82. The molecular weight excluding hydrogens is 254 g/mol. The number of hydrogen-bond donors (Lipinski definition) is 1. The Balaban J connectivity index is 3.36. The quantitative estimate of drug-likeness (QED) is 0.810. The molecule has 0 atom stereocenters. The van der Waals surface area contributed by atoms with Crippen LogP contribution in [0, 0.1) is 0 Å². The molecule has 2 N–H and O–H groups in total. The summed E-state index contributed by atoms with van der Waals surface area (Å²) >= 11 is 6.42. The zero-order chi connectivity index (χ0) is 13.7. The van der Waals surface area contributed by atoms with E-state index < -0.39 is 0 Å². The molecule has 0 aliphatic carbocycles. The van der Waals surface area contributed by atoms with Gasteiger partial charge >= 0.3 is 0 Å². The van der Waals surface area contributed by atoms with Crippen molar-refractivity contribution in [1.29, 1.82) is 0 Å². The summed E-state index contributed by atoms with van der Waals surface area (Å²) in [6.07, 6.45) is 0.579. The molecule has 18 heavy (non-hydrogen) atoms. The van der Waals surface area contributed by atoms with Gasteiger partial charge in [0.05, 0.1) is 25.8 Å². The Morgan fingerprint density at radius 3 is 2.39 bits per heavy atom. The van der Waals surface area contributed by atoms with E-state index in [2.05, 4.69) is 18.7 Å². The average Bonchev–Trinajstić information content (AvgIpc) is 2.36. The van der Waals surface area contributed by atoms with E-state index in [-0.39, 0.29) is 0 Å². The highest BCUT2D eigenvalue weighted by molar-refractivity contribution is 6.32. The summed E-state index contributed by atoms with van der Waals surface area (Å²) in [4.78, 5) is 4.62. The summed E-state index contributed by atoms with van der Waals surface area (Å²) in [6, 6.07) is 1.92. The Labute approximate surface area is 113 Å². The van der Waals surface area contributed by atoms with Gasteiger partial charge in [-0.3, -0.25) is 0 Å². The first kappa shape index (κ1) is 15.1. The SMILES string of the molecule is COc1cc(C(C)C)c(Cl)c(CCON)c1OC. The molecule has 0 saturated heterocycles. The predicted molar refractivity (Wildman–Crippen MR) is 72.5 cm³/mol. The normalized spacial score (nSPS) is 10.8. The van der Waals surface area contributed by atoms with Gasteiger partial charge in [-0.05, 0) is 17.5 Å². The van der Waals surface area contributed by atoms with Crippen molar-refractivity contribution in [3.63, 3.8) is 0 Å². The number of ether oxygens (including phenoxy) is 2. The first-order valence-electron chi connectivity index (χ1n) is 5.81. The maximum atomic E-state index is 6.42. The minimum atomic E-state index is 0.301. The third kappa shape index (κ3) is 3.07. The van der Waals surface area contributed by atoms with Gasteiger partial charge in [0.25, 0.3) is 0 Å². The van der Waals surface area contributed by atoms with Crippen molar-refractivity contribution in [3.05, 3.63) is 22.2 Å². The van der Waals surface area contributed by atoms with Crippen molar-refractivity contribution in [2.24, 2.45) is 5.90 Å². The Bertz CT molecular complexity index is 408. The number of halogens is 1. The maximum absolute atomic E-state index is 6.42. The summed E-state index contributed by atoms with van der Waals surface area (Å²) in [7, 11) is 3.20. The summed E-state index contributed by atoms with van der Waals surface area (Å²) in [6.45, 7) is 4.54. The van der Waals surface area contributed by atoms with E-state index in [1.165, 1.54) is 0 Å². The zero-order valence-corrected chi connectivity index (χ0v) is 12.0. The van der Waals surface area contributed by atoms with Gasteiger partial charge < -0.3 is 14.3 Å². The van der Waals surface area contributed by atoms with Crippen LogP contribution in [0.2, 0.25) is 5.02 Å².